The summed E-state index contributed by atoms with van der Waals surface area (Å²) in [4.78, 5) is 47.0. The number of carbonyl (C=O) groups excluding carboxylic acids is 3. The summed E-state index contributed by atoms with van der Waals surface area (Å²) in [6.07, 6.45) is 5.81. The molecule has 0 unspecified atom stereocenters. The number of nitrogens with one attached hydrogen (secondary N) is 1. The minimum Gasteiger partial charge on any atom is -0.507 e. The highest BCUT2D eigenvalue weighted by Crippen LogP contribution is 2.41. The van der Waals surface area contributed by atoms with Gasteiger partial charge in [-0.3, -0.25) is 9.59 Å². The standard InChI is InChI=1S/C26H28N4O5/c1-15-6-8-18(9-7-15)22-20(23(31)19-16(2)21(26(34)35-4)28-17(19)3)24(32)25(33)30(22)12-5-11-29-13-10-27-14-29/h6-10,13-14,22,28,31H,5,11-12H2,1-4H3/t22-/m1/s1. The van der Waals surface area contributed by atoms with E-state index in [-0.39, 0.29) is 17.0 Å². The van der Waals surface area contributed by atoms with Crippen molar-refractivity contribution < 1.29 is 24.2 Å². The van der Waals surface area contributed by atoms with Crippen molar-refractivity contribution in [3.63, 3.8) is 0 Å². The Morgan fingerprint density at radius 1 is 1.14 bits per heavy atom. The molecule has 1 aromatic carbocycles. The van der Waals surface area contributed by atoms with Gasteiger partial charge >= 0.3 is 5.97 Å². The monoisotopic (exact) mass is 476 g/mol. The first kappa shape index (κ1) is 24.0. The van der Waals surface area contributed by atoms with Crippen molar-refractivity contribution in [3.05, 3.63) is 82.2 Å². The molecule has 1 aliphatic rings. The molecule has 0 saturated carbocycles. The number of carbonyl (C=O) groups is 3. The average molecular weight is 477 g/mol. The van der Waals surface area contributed by atoms with E-state index in [0.29, 0.717) is 36.3 Å². The Morgan fingerprint density at radius 3 is 2.49 bits per heavy atom. The molecule has 1 atom stereocenters. The van der Waals surface area contributed by atoms with Crippen LogP contribution in [-0.2, 0) is 20.9 Å². The zero-order chi connectivity index (χ0) is 25.3. The maximum absolute atomic E-state index is 13.3. The van der Waals surface area contributed by atoms with Gasteiger partial charge in [0.25, 0.3) is 11.7 Å². The summed E-state index contributed by atoms with van der Waals surface area (Å²) in [6.45, 7) is 6.24. The third-order valence-corrected chi connectivity index (χ3v) is 6.37. The lowest BCUT2D eigenvalue weighted by atomic mass is 9.93. The predicted molar refractivity (Wildman–Crippen MR) is 129 cm³/mol. The average Bonchev–Trinajstić information content (AvgIpc) is 3.52. The Labute approximate surface area is 203 Å². The summed E-state index contributed by atoms with van der Waals surface area (Å²) in [5.74, 6) is -2.32. The van der Waals surface area contributed by atoms with Crippen LogP contribution in [0.5, 0.6) is 0 Å². The van der Waals surface area contributed by atoms with Gasteiger partial charge in [0.05, 0.1) is 25.1 Å². The number of hydrogen-bond acceptors (Lipinski definition) is 6. The van der Waals surface area contributed by atoms with Gasteiger partial charge in [-0.25, -0.2) is 9.78 Å². The molecule has 0 aliphatic carbocycles. The van der Waals surface area contributed by atoms with Crippen molar-refractivity contribution in [1.29, 1.82) is 0 Å². The lowest BCUT2D eigenvalue weighted by molar-refractivity contribution is -0.139. The van der Waals surface area contributed by atoms with Gasteiger partial charge in [-0.1, -0.05) is 29.8 Å². The van der Waals surface area contributed by atoms with Gasteiger partial charge in [0.2, 0.25) is 0 Å². The number of amides is 1. The van der Waals surface area contributed by atoms with Crippen LogP contribution in [0.2, 0.25) is 0 Å². The molecule has 0 bridgehead atoms. The Kier molecular flexibility index (Phi) is 6.59. The highest BCUT2D eigenvalue weighted by atomic mass is 16.5. The number of ketones is 1. The molecule has 9 nitrogen and oxygen atoms in total. The first-order valence-corrected chi connectivity index (χ1v) is 11.3. The lowest BCUT2D eigenvalue weighted by Crippen LogP contribution is -2.31. The second kappa shape index (κ2) is 9.61. The summed E-state index contributed by atoms with van der Waals surface area (Å²) in [7, 11) is 1.27. The van der Waals surface area contributed by atoms with Crippen molar-refractivity contribution in [2.75, 3.05) is 13.7 Å². The van der Waals surface area contributed by atoms with E-state index in [2.05, 4.69) is 9.97 Å². The Hall–Kier alpha value is -4.14. The zero-order valence-corrected chi connectivity index (χ0v) is 20.2. The molecule has 2 N–H and O–H groups in total. The summed E-state index contributed by atoms with van der Waals surface area (Å²) in [6, 6.07) is 6.78. The highest BCUT2D eigenvalue weighted by Gasteiger charge is 2.46. The molecule has 1 aliphatic heterocycles. The lowest BCUT2D eigenvalue weighted by Gasteiger charge is -2.25. The van der Waals surface area contributed by atoms with Crippen molar-refractivity contribution in [2.24, 2.45) is 0 Å². The number of aliphatic hydroxyl groups is 1. The second-order valence-electron chi connectivity index (χ2n) is 8.67. The molecule has 1 saturated heterocycles. The fraction of sp³-hybridized carbons (Fsp3) is 0.308. The van der Waals surface area contributed by atoms with Gasteiger partial charge in [0.1, 0.15) is 11.5 Å². The Bertz CT molecular complexity index is 1300. The van der Waals surface area contributed by atoms with E-state index in [0.717, 1.165) is 11.1 Å². The van der Waals surface area contributed by atoms with Crippen molar-refractivity contribution in [1.82, 2.24) is 19.4 Å². The normalized spacial score (nSPS) is 17.3. The number of ether oxygens (including phenoxy) is 1. The molecule has 182 valence electrons. The third kappa shape index (κ3) is 4.37. The number of aromatic nitrogens is 3. The molecule has 35 heavy (non-hydrogen) atoms. The molecule has 2 aromatic heterocycles. The highest BCUT2D eigenvalue weighted by molar-refractivity contribution is 6.46. The number of Topliss-reactive ketones (excluding diaryl/α,β-unsaturated/α-hetero) is 1. The number of imidazole rings is 1. The van der Waals surface area contributed by atoms with Crippen LogP contribution < -0.4 is 0 Å². The summed E-state index contributed by atoms with van der Waals surface area (Å²) >= 11 is 0. The maximum Gasteiger partial charge on any atom is 0.354 e. The number of hydrogen-bond donors (Lipinski definition) is 2. The minimum atomic E-state index is -0.756. The number of rotatable bonds is 7. The van der Waals surface area contributed by atoms with E-state index in [1.54, 1.807) is 26.4 Å². The smallest absolute Gasteiger partial charge is 0.354 e. The molecule has 0 radical (unpaired) electrons. The molecule has 9 heteroatoms. The summed E-state index contributed by atoms with van der Waals surface area (Å²) in [5, 5.41) is 11.4. The van der Waals surface area contributed by atoms with Gasteiger partial charge in [0, 0.05) is 36.7 Å². The number of aliphatic hydroxyl groups excluding tert-OH is 1. The molecular weight excluding hydrogens is 448 g/mol. The SMILES string of the molecule is COC(=O)c1[nH]c(C)c(C(O)=C2C(=O)C(=O)N(CCCn3ccnc3)[C@@H]2c2ccc(C)cc2)c1C. The van der Waals surface area contributed by atoms with Gasteiger partial charge in [-0.15, -0.1) is 0 Å². The van der Waals surface area contributed by atoms with Crippen LogP contribution in [0.15, 0.2) is 48.6 Å². The van der Waals surface area contributed by atoms with Gasteiger partial charge in [0.15, 0.2) is 0 Å². The van der Waals surface area contributed by atoms with E-state index in [4.69, 9.17) is 4.74 Å². The molecule has 0 spiro atoms. The predicted octanol–water partition coefficient (Wildman–Crippen LogP) is 3.44. The fourth-order valence-corrected chi connectivity index (χ4v) is 4.59. The van der Waals surface area contributed by atoms with Crippen LogP contribution >= 0.6 is 0 Å². The van der Waals surface area contributed by atoms with E-state index < -0.39 is 23.7 Å². The first-order valence-electron chi connectivity index (χ1n) is 11.3. The molecule has 1 fully saturated rings. The van der Waals surface area contributed by atoms with Crippen LogP contribution in [0.1, 0.15) is 50.9 Å². The van der Waals surface area contributed by atoms with Crippen LogP contribution in [0.25, 0.3) is 5.76 Å². The van der Waals surface area contributed by atoms with E-state index >= 15 is 0 Å². The van der Waals surface area contributed by atoms with E-state index in [1.807, 2.05) is 42.0 Å². The maximum atomic E-state index is 13.3. The molecular formula is C26H28N4O5. The number of benzene rings is 1. The number of esters is 1. The Balaban J connectivity index is 1.79. The van der Waals surface area contributed by atoms with Gasteiger partial charge in [-0.2, -0.15) is 0 Å². The number of methoxy groups -OCH3 is 1. The first-order chi connectivity index (χ1) is 16.7. The molecule has 4 rings (SSSR count). The number of aryl methyl sites for hydroxylation is 3. The van der Waals surface area contributed by atoms with E-state index in [1.165, 1.54) is 12.0 Å². The van der Waals surface area contributed by atoms with Crippen LogP contribution in [0.3, 0.4) is 0 Å². The fourth-order valence-electron chi connectivity index (χ4n) is 4.59. The largest absolute Gasteiger partial charge is 0.507 e. The number of nitrogens with zero attached hydrogens (tertiary/aromatic N) is 3. The molecule has 3 aromatic rings. The second-order valence-corrected chi connectivity index (χ2v) is 8.67. The minimum absolute atomic E-state index is 0.00287. The van der Waals surface area contributed by atoms with Crippen molar-refractivity contribution in [2.45, 2.75) is 39.8 Å². The van der Waals surface area contributed by atoms with E-state index in [9.17, 15) is 19.5 Å². The Morgan fingerprint density at radius 2 is 1.86 bits per heavy atom. The third-order valence-electron chi connectivity index (χ3n) is 6.37. The van der Waals surface area contributed by atoms with Crippen molar-refractivity contribution >= 4 is 23.4 Å². The molecule has 3 heterocycles. The number of likely N-dealkylation sites (tertiary alicyclic amines) is 1. The van der Waals surface area contributed by atoms with Crippen LogP contribution in [0, 0.1) is 20.8 Å². The van der Waals surface area contributed by atoms with Gasteiger partial charge in [-0.05, 0) is 38.3 Å². The topological polar surface area (TPSA) is 118 Å². The zero-order valence-electron chi connectivity index (χ0n) is 20.2. The molecule has 1 amide bonds. The van der Waals surface area contributed by atoms with Crippen LogP contribution in [-0.4, -0.2) is 55.9 Å². The van der Waals surface area contributed by atoms with Gasteiger partial charge < -0.3 is 24.3 Å². The number of aromatic amines is 1. The number of H-pyrrole nitrogens is 1. The summed E-state index contributed by atoms with van der Waals surface area (Å²) in [5.41, 5.74) is 3.20. The van der Waals surface area contributed by atoms with Crippen molar-refractivity contribution in [3.8, 4) is 0 Å². The quantitative estimate of drug-likeness (QED) is 0.233. The summed E-state index contributed by atoms with van der Waals surface area (Å²) < 4.78 is 6.72. The van der Waals surface area contributed by atoms with Crippen LogP contribution in [0.4, 0.5) is 0 Å².